The zero-order valence-corrected chi connectivity index (χ0v) is 19.0. The molecule has 0 aliphatic carbocycles. The van der Waals surface area contributed by atoms with Gasteiger partial charge < -0.3 is 15.2 Å². The van der Waals surface area contributed by atoms with Crippen molar-refractivity contribution in [1.82, 2.24) is 20.7 Å². The third kappa shape index (κ3) is 6.08. The van der Waals surface area contributed by atoms with E-state index >= 15 is 0 Å². The van der Waals surface area contributed by atoms with Crippen molar-refractivity contribution in [1.29, 1.82) is 0 Å². The summed E-state index contributed by atoms with van der Waals surface area (Å²) in [7, 11) is 1.80. The maximum absolute atomic E-state index is 5.45. The summed E-state index contributed by atoms with van der Waals surface area (Å²) < 4.78 is 5.45. The van der Waals surface area contributed by atoms with Crippen LogP contribution in [0.3, 0.4) is 0 Å². The SMILES string of the molecule is CCc1noc(CC)c1CNC(=NC)NCc1ccc(CN2CCC(C)CC2)cc1. The van der Waals surface area contributed by atoms with Crippen molar-refractivity contribution in [2.24, 2.45) is 10.9 Å². The first-order valence-electron chi connectivity index (χ1n) is 11.3. The zero-order chi connectivity index (χ0) is 21.3. The molecule has 30 heavy (non-hydrogen) atoms. The van der Waals surface area contributed by atoms with E-state index in [0.717, 1.165) is 54.8 Å². The van der Waals surface area contributed by atoms with Crippen molar-refractivity contribution in [3.8, 4) is 0 Å². The highest BCUT2D eigenvalue weighted by Crippen LogP contribution is 2.18. The molecule has 0 bridgehead atoms. The number of aryl methyl sites for hydroxylation is 2. The molecular formula is C24H37N5O. The van der Waals surface area contributed by atoms with Gasteiger partial charge in [0.1, 0.15) is 5.76 Å². The van der Waals surface area contributed by atoms with Crippen LogP contribution in [0.15, 0.2) is 33.8 Å². The normalized spacial score (nSPS) is 16.1. The number of benzene rings is 1. The van der Waals surface area contributed by atoms with Gasteiger partial charge in [-0.1, -0.05) is 50.2 Å². The Labute approximate surface area is 181 Å². The lowest BCUT2D eigenvalue weighted by atomic mass is 9.99. The molecular weight excluding hydrogens is 374 g/mol. The standard InChI is InChI=1S/C24H37N5O/c1-5-22-21(23(6-2)30-28-22)16-27-24(25-4)26-15-19-7-9-20(10-8-19)17-29-13-11-18(3)12-14-29/h7-10,18H,5-6,11-17H2,1-4H3,(H2,25,26,27). The van der Waals surface area contributed by atoms with Crippen LogP contribution in [0.4, 0.5) is 0 Å². The first kappa shape index (κ1) is 22.3. The van der Waals surface area contributed by atoms with Crippen LogP contribution in [0.5, 0.6) is 0 Å². The Hall–Kier alpha value is -2.34. The number of nitrogens with one attached hydrogen (secondary N) is 2. The zero-order valence-electron chi connectivity index (χ0n) is 19.0. The van der Waals surface area contributed by atoms with Crippen LogP contribution in [0.1, 0.15) is 61.8 Å². The van der Waals surface area contributed by atoms with Crippen molar-refractivity contribution in [3.63, 3.8) is 0 Å². The Balaban J connectivity index is 1.47. The van der Waals surface area contributed by atoms with Gasteiger partial charge in [0, 0.05) is 38.7 Å². The molecule has 1 fully saturated rings. The van der Waals surface area contributed by atoms with E-state index < -0.39 is 0 Å². The molecule has 1 aromatic carbocycles. The second kappa shape index (κ2) is 11.2. The minimum absolute atomic E-state index is 0.670. The lowest BCUT2D eigenvalue weighted by molar-refractivity contribution is 0.185. The maximum atomic E-state index is 5.45. The summed E-state index contributed by atoms with van der Waals surface area (Å²) in [5, 5.41) is 11.0. The number of rotatable bonds is 8. The van der Waals surface area contributed by atoms with E-state index in [0.29, 0.717) is 6.54 Å². The molecule has 0 saturated carbocycles. The molecule has 1 aromatic heterocycles. The fourth-order valence-electron chi connectivity index (χ4n) is 3.96. The first-order chi connectivity index (χ1) is 14.6. The first-order valence-corrected chi connectivity index (χ1v) is 11.3. The molecule has 0 spiro atoms. The van der Waals surface area contributed by atoms with Crippen LogP contribution in [0.25, 0.3) is 0 Å². The van der Waals surface area contributed by atoms with Crippen LogP contribution in [0, 0.1) is 5.92 Å². The van der Waals surface area contributed by atoms with Crippen molar-refractivity contribution in [2.45, 2.75) is 66.1 Å². The van der Waals surface area contributed by atoms with Crippen molar-refractivity contribution >= 4 is 5.96 Å². The van der Waals surface area contributed by atoms with Crippen LogP contribution >= 0.6 is 0 Å². The molecule has 6 heteroatoms. The summed E-state index contributed by atoms with van der Waals surface area (Å²) in [5.41, 5.74) is 4.82. The van der Waals surface area contributed by atoms with Gasteiger partial charge >= 0.3 is 0 Å². The number of nitrogens with zero attached hydrogens (tertiary/aromatic N) is 3. The molecule has 0 amide bonds. The number of hydrogen-bond donors (Lipinski definition) is 2. The van der Waals surface area contributed by atoms with Crippen LogP contribution < -0.4 is 10.6 Å². The Morgan fingerprint density at radius 2 is 1.73 bits per heavy atom. The number of aromatic nitrogens is 1. The Morgan fingerprint density at radius 1 is 1.07 bits per heavy atom. The molecule has 2 heterocycles. The highest BCUT2D eigenvalue weighted by molar-refractivity contribution is 5.79. The van der Waals surface area contributed by atoms with Gasteiger partial charge in [-0.25, -0.2) is 0 Å². The summed E-state index contributed by atoms with van der Waals surface area (Å²) >= 11 is 0. The number of likely N-dealkylation sites (tertiary alicyclic amines) is 1. The average molecular weight is 412 g/mol. The summed E-state index contributed by atoms with van der Waals surface area (Å²) in [6.07, 6.45) is 4.36. The van der Waals surface area contributed by atoms with Crippen molar-refractivity contribution in [3.05, 3.63) is 52.4 Å². The van der Waals surface area contributed by atoms with Gasteiger partial charge in [0.15, 0.2) is 5.96 Å². The third-order valence-corrected chi connectivity index (χ3v) is 6.03. The highest BCUT2D eigenvalue weighted by atomic mass is 16.5. The molecule has 0 unspecified atom stereocenters. The van der Waals surface area contributed by atoms with Gasteiger partial charge in [0.05, 0.1) is 5.69 Å². The molecule has 6 nitrogen and oxygen atoms in total. The van der Waals surface area contributed by atoms with E-state index in [-0.39, 0.29) is 0 Å². The fraction of sp³-hybridized carbons (Fsp3) is 0.583. The van der Waals surface area contributed by atoms with Crippen molar-refractivity contribution in [2.75, 3.05) is 20.1 Å². The predicted octanol–water partition coefficient (Wildman–Crippen LogP) is 3.90. The lowest BCUT2D eigenvalue weighted by Gasteiger charge is -2.30. The molecule has 0 atom stereocenters. The molecule has 3 rings (SSSR count). The molecule has 0 radical (unpaired) electrons. The van der Waals surface area contributed by atoms with Gasteiger partial charge in [0.2, 0.25) is 0 Å². The largest absolute Gasteiger partial charge is 0.361 e. The number of hydrogen-bond acceptors (Lipinski definition) is 4. The van der Waals surface area contributed by atoms with Gasteiger partial charge in [0.25, 0.3) is 0 Å². The molecule has 2 N–H and O–H groups in total. The summed E-state index contributed by atoms with van der Waals surface area (Å²) in [6.45, 7) is 11.5. The Morgan fingerprint density at radius 3 is 2.37 bits per heavy atom. The number of aliphatic imine (C=N–C) groups is 1. The molecule has 1 aliphatic rings. The second-order valence-electron chi connectivity index (χ2n) is 8.29. The molecule has 1 aliphatic heterocycles. The highest BCUT2D eigenvalue weighted by Gasteiger charge is 2.16. The molecule has 164 valence electrons. The maximum Gasteiger partial charge on any atom is 0.191 e. The van der Waals surface area contributed by atoms with Gasteiger partial charge in [-0.05, 0) is 49.4 Å². The molecule has 1 saturated heterocycles. The number of piperidine rings is 1. The average Bonchev–Trinajstić information content (AvgIpc) is 3.18. The third-order valence-electron chi connectivity index (χ3n) is 6.03. The van der Waals surface area contributed by atoms with E-state index in [9.17, 15) is 0 Å². The van der Waals surface area contributed by atoms with Gasteiger partial charge in [-0.3, -0.25) is 9.89 Å². The summed E-state index contributed by atoms with van der Waals surface area (Å²) in [5.74, 6) is 2.62. The van der Waals surface area contributed by atoms with E-state index in [1.165, 1.54) is 37.1 Å². The Kier molecular flexibility index (Phi) is 8.31. The van der Waals surface area contributed by atoms with Crippen LogP contribution in [-0.4, -0.2) is 36.2 Å². The summed E-state index contributed by atoms with van der Waals surface area (Å²) in [4.78, 5) is 6.92. The predicted molar refractivity (Wildman–Crippen MR) is 122 cm³/mol. The van der Waals surface area contributed by atoms with E-state index in [1.807, 2.05) is 0 Å². The number of guanidine groups is 1. The van der Waals surface area contributed by atoms with Crippen LogP contribution in [-0.2, 0) is 32.5 Å². The van der Waals surface area contributed by atoms with E-state index in [1.54, 1.807) is 7.05 Å². The van der Waals surface area contributed by atoms with Gasteiger partial charge in [-0.15, -0.1) is 0 Å². The minimum Gasteiger partial charge on any atom is -0.361 e. The van der Waals surface area contributed by atoms with Crippen LogP contribution in [0.2, 0.25) is 0 Å². The van der Waals surface area contributed by atoms with E-state index in [2.05, 4.69) is 70.7 Å². The fourth-order valence-corrected chi connectivity index (χ4v) is 3.96. The minimum atomic E-state index is 0.670. The lowest BCUT2D eigenvalue weighted by Crippen LogP contribution is -2.36. The summed E-state index contributed by atoms with van der Waals surface area (Å²) in [6, 6.07) is 8.94. The smallest absolute Gasteiger partial charge is 0.191 e. The topological polar surface area (TPSA) is 65.7 Å². The van der Waals surface area contributed by atoms with E-state index in [4.69, 9.17) is 4.52 Å². The monoisotopic (exact) mass is 411 g/mol. The van der Waals surface area contributed by atoms with Crippen molar-refractivity contribution < 1.29 is 4.52 Å². The quantitative estimate of drug-likeness (QED) is 0.509. The van der Waals surface area contributed by atoms with Gasteiger partial charge in [-0.2, -0.15) is 0 Å². The molecule has 2 aromatic rings. The Bertz CT molecular complexity index is 782. The second-order valence-corrected chi connectivity index (χ2v) is 8.29.